The summed E-state index contributed by atoms with van der Waals surface area (Å²) in [5.74, 6) is 0. The lowest BCUT2D eigenvalue weighted by molar-refractivity contribution is 0.370. The number of hydrogen-bond donors (Lipinski definition) is 0. The van der Waals surface area contributed by atoms with Gasteiger partial charge in [-0.15, -0.1) is 0 Å². The molecule has 0 amide bonds. The van der Waals surface area contributed by atoms with E-state index in [0.29, 0.717) is 5.65 Å². The Kier molecular flexibility index (Phi) is 4.75. The summed E-state index contributed by atoms with van der Waals surface area (Å²) in [5, 5.41) is 1.90. The minimum Gasteiger partial charge on any atom is -0.351 e. The van der Waals surface area contributed by atoms with Crippen LogP contribution in [0.5, 0.6) is 0 Å². The number of pyridine rings is 1. The first-order valence-corrected chi connectivity index (χ1v) is 12.0. The standard InChI is InChI=1S/C24H26N4O2S/c1-4-19-6-8-21-22(17-9-12-26(2)13-10-17)16-28(24(21)25-19)31(29,30)20-7-5-18-11-14-27(3)23(18)15-20/h5-9,11,14-16H,4,10,12-13H2,1-3H3. The fourth-order valence-corrected chi connectivity index (χ4v) is 5.62. The van der Waals surface area contributed by atoms with Gasteiger partial charge in [-0.2, -0.15) is 0 Å². The molecular formula is C24H26N4O2S. The van der Waals surface area contributed by atoms with Gasteiger partial charge in [0, 0.05) is 54.7 Å². The second-order valence-electron chi connectivity index (χ2n) is 8.26. The highest BCUT2D eigenvalue weighted by Gasteiger charge is 2.25. The Morgan fingerprint density at radius 3 is 2.68 bits per heavy atom. The molecule has 0 fully saturated rings. The van der Waals surface area contributed by atoms with E-state index in [9.17, 15) is 8.42 Å². The van der Waals surface area contributed by atoms with E-state index >= 15 is 0 Å². The largest absolute Gasteiger partial charge is 0.351 e. The number of rotatable bonds is 4. The molecule has 6 nitrogen and oxygen atoms in total. The van der Waals surface area contributed by atoms with Crippen LogP contribution in [0.1, 0.15) is 24.6 Å². The van der Waals surface area contributed by atoms with Crippen molar-refractivity contribution < 1.29 is 8.42 Å². The fourth-order valence-electron chi connectivity index (χ4n) is 4.28. The van der Waals surface area contributed by atoms with Crippen LogP contribution in [0.3, 0.4) is 0 Å². The van der Waals surface area contributed by atoms with Crippen molar-refractivity contribution >= 4 is 37.5 Å². The summed E-state index contributed by atoms with van der Waals surface area (Å²) < 4.78 is 30.8. The van der Waals surface area contributed by atoms with Crippen molar-refractivity contribution in [1.82, 2.24) is 18.4 Å². The third-order valence-electron chi connectivity index (χ3n) is 6.21. The summed E-state index contributed by atoms with van der Waals surface area (Å²) in [7, 11) is 0.211. The van der Waals surface area contributed by atoms with Gasteiger partial charge in [0.2, 0.25) is 0 Å². The number of aromatic nitrogens is 3. The zero-order valence-corrected chi connectivity index (χ0v) is 18.9. The quantitative estimate of drug-likeness (QED) is 0.486. The Morgan fingerprint density at radius 1 is 1.10 bits per heavy atom. The second-order valence-corrected chi connectivity index (χ2v) is 10.1. The lowest BCUT2D eigenvalue weighted by Crippen LogP contribution is -2.23. The van der Waals surface area contributed by atoms with Gasteiger partial charge in [0.15, 0.2) is 5.65 Å². The smallest absolute Gasteiger partial charge is 0.269 e. The second kappa shape index (κ2) is 7.35. The van der Waals surface area contributed by atoms with Gasteiger partial charge >= 0.3 is 0 Å². The molecule has 160 valence electrons. The molecule has 0 saturated carbocycles. The van der Waals surface area contributed by atoms with E-state index < -0.39 is 10.0 Å². The average molecular weight is 435 g/mol. The summed E-state index contributed by atoms with van der Waals surface area (Å²) in [5.41, 5.74) is 4.41. The summed E-state index contributed by atoms with van der Waals surface area (Å²) in [6.07, 6.45) is 7.53. The molecule has 1 aliphatic rings. The monoisotopic (exact) mass is 434 g/mol. The van der Waals surface area contributed by atoms with Crippen molar-refractivity contribution in [1.29, 1.82) is 0 Å². The van der Waals surface area contributed by atoms with E-state index in [-0.39, 0.29) is 4.90 Å². The van der Waals surface area contributed by atoms with Gasteiger partial charge < -0.3 is 9.47 Å². The van der Waals surface area contributed by atoms with Crippen LogP contribution in [0.4, 0.5) is 0 Å². The van der Waals surface area contributed by atoms with Gasteiger partial charge in [-0.05, 0) is 61.2 Å². The van der Waals surface area contributed by atoms with Gasteiger partial charge in [-0.3, -0.25) is 0 Å². The van der Waals surface area contributed by atoms with E-state index in [0.717, 1.165) is 53.5 Å². The minimum absolute atomic E-state index is 0.270. The van der Waals surface area contributed by atoms with Crippen LogP contribution in [0, 0.1) is 0 Å². The Bertz CT molecular complexity index is 1440. The zero-order chi connectivity index (χ0) is 21.8. The van der Waals surface area contributed by atoms with Crippen molar-refractivity contribution in [3.05, 3.63) is 66.1 Å². The van der Waals surface area contributed by atoms with Crippen molar-refractivity contribution in [3.63, 3.8) is 0 Å². The van der Waals surface area contributed by atoms with Gasteiger partial charge in [-0.1, -0.05) is 19.1 Å². The van der Waals surface area contributed by atoms with Gasteiger partial charge in [0.1, 0.15) is 0 Å². The van der Waals surface area contributed by atoms with Crippen LogP contribution >= 0.6 is 0 Å². The van der Waals surface area contributed by atoms with Crippen molar-refractivity contribution in [3.8, 4) is 0 Å². The molecule has 0 atom stereocenters. The van der Waals surface area contributed by atoms with E-state index in [1.54, 1.807) is 18.3 Å². The van der Waals surface area contributed by atoms with Crippen LogP contribution in [0.2, 0.25) is 0 Å². The van der Waals surface area contributed by atoms with Crippen LogP contribution in [-0.4, -0.2) is 47.0 Å². The van der Waals surface area contributed by atoms with E-state index in [4.69, 9.17) is 4.98 Å². The molecule has 7 heteroatoms. The number of likely N-dealkylation sites (N-methyl/N-ethyl adjacent to an activating group) is 1. The number of benzene rings is 1. The van der Waals surface area contributed by atoms with Crippen LogP contribution in [-0.2, 0) is 23.5 Å². The lowest BCUT2D eigenvalue weighted by atomic mass is 10.00. The molecule has 0 aliphatic carbocycles. The summed E-state index contributed by atoms with van der Waals surface area (Å²) in [6, 6.07) is 11.3. The van der Waals surface area contributed by atoms with Gasteiger partial charge in [0.25, 0.3) is 10.0 Å². The SMILES string of the molecule is CCc1ccc2c(C3=CCN(C)CC3)cn(S(=O)(=O)c3ccc4ccn(C)c4c3)c2n1. The lowest BCUT2D eigenvalue weighted by Gasteiger charge is -2.21. The maximum Gasteiger partial charge on any atom is 0.269 e. The fraction of sp³-hybridized carbons (Fsp3) is 0.292. The molecule has 0 radical (unpaired) electrons. The number of fused-ring (bicyclic) bond motifs is 2. The molecule has 31 heavy (non-hydrogen) atoms. The van der Waals surface area contributed by atoms with Crippen LogP contribution in [0.15, 0.2) is 59.8 Å². The van der Waals surface area contributed by atoms with E-state index in [1.807, 2.05) is 49.0 Å². The predicted molar refractivity (Wildman–Crippen MR) is 125 cm³/mol. The number of nitrogens with zero attached hydrogens (tertiary/aromatic N) is 4. The molecule has 1 aromatic carbocycles. The zero-order valence-electron chi connectivity index (χ0n) is 18.0. The number of hydrogen-bond acceptors (Lipinski definition) is 4. The average Bonchev–Trinajstić information content (AvgIpc) is 3.35. The molecule has 4 heterocycles. The highest BCUT2D eigenvalue weighted by atomic mass is 32.2. The Morgan fingerprint density at radius 2 is 1.94 bits per heavy atom. The molecule has 0 saturated heterocycles. The van der Waals surface area contributed by atoms with Crippen molar-refractivity contribution in [2.24, 2.45) is 7.05 Å². The molecule has 0 unspecified atom stereocenters. The normalized spacial score (nSPS) is 15.6. The predicted octanol–water partition coefficient (Wildman–Crippen LogP) is 4.05. The highest BCUT2D eigenvalue weighted by Crippen LogP contribution is 2.33. The molecule has 3 aromatic heterocycles. The third kappa shape index (κ3) is 3.28. The molecule has 0 N–H and O–H groups in total. The first-order valence-electron chi connectivity index (χ1n) is 10.6. The third-order valence-corrected chi connectivity index (χ3v) is 7.86. The first kappa shape index (κ1) is 20.0. The molecule has 0 spiro atoms. The summed E-state index contributed by atoms with van der Waals surface area (Å²) >= 11 is 0. The van der Waals surface area contributed by atoms with Gasteiger partial charge in [0.05, 0.1) is 4.90 Å². The highest BCUT2D eigenvalue weighted by molar-refractivity contribution is 7.90. The maximum atomic E-state index is 13.8. The Labute approximate surface area is 182 Å². The topological polar surface area (TPSA) is 60.1 Å². The Hall–Kier alpha value is -2.90. The van der Waals surface area contributed by atoms with Crippen molar-refractivity contribution in [2.75, 3.05) is 20.1 Å². The maximum absolute atomic E-state index is 13.8. The molecule has 5 rings (SSSR count). The summed E-state index contributed by atoms with van der Waals surface area (Å²) in [4.78, 5) is 7.25. The van der Waals surface area contributed by atoms with E-state index in [2.05, 4.69) is 18.0 Å². The molecular weight excluding hydrogens is 408 g/mol. The molecule has 0 bridgehead atoms. The van der Waals surface area contributed by atoms with E-state index in [1.165, 1.54) is 9.55 Å². The van der Waals surface area contributed by atoms with Crippen LogP contribution in [0.25, 0.3) is 27.5 Å². The minimum atomic E-state index is -3.80. The molecule has 1 aliphatic heterocycles. The van der Waals surface area contributed by atoms with Gasteiger partial charge in [-0.25, -0.2) is 17.4 Å². The molecule has 4 aromatic rings. The van der Waals surface area contributed by atoms with Crippen molar-refractivity contribution in [2.45, 2.75) is 24.7 Å². The Balaban J connectivity index is 1.73. The van der Waals surface area contributed by atoms with Crippen LogP contribution < -0.4 is 0 Å². The number of aryl methyl sites for hydroxylation is 2. The first-order chi connectivity index (χ1) is 14.9. The summed E-state index contributed by atoms with van der Waals surface area (Å²) in [6.45, 7) is 3.84.